The third-order valence-electron chi connectivity index (χ3n) is 3.10. The number of anilines is 3. The van der Waals surface area contributed by atoms with Gasteiger partial charge in [-0.1, -0.05) is 6.07 Å². The molecule has 0 radical (unpaired) electrons. The van der Waals surface area contributed by atoms with E-state index in [0.717, 1.165) is 6.07 Å². The van der Waals surface area contributed by atoms with Crippen LogP contribution in [0.4, 0.5) is 25.8 Å². The molecule has 1 aromatic heterocycles. The van der Waals surface area contributed by atoms with Crippen LogP contribution in [0.3, 0.4) is 0 Å². The van der Waals surface area contributed by atoms with Gasteiger partial charge in [0, 0.05) is 17.4 Å². The Labute approximate surface area is 135 Å². The van der Waals surface area contributed by atoms with Crippen LogP contribution in [0.15, 0.2) is 60.0 Å². The minimum Gasteiger partial charge on any atom is -0.353 e. The van der Waals surface area contributed by atoms with E-state index in [4.69, 9.17) is 0 Å². The lowest BCUT2D eigenvalue weighted by Gasteiger charge is -2.09. The van der Waals surface area contributed by atoms with Crippen LogP contribution in [0.2, 0.25) is 0 Å². The van der Waals surface area contributed by atoms with E-state index in [9.17, 15) is 13.6 Å². The first-order valence-electron chi connectivity index (χ1n) is 6.79. The molecule has 0 bridgehead atoms. The summed E-state index contributed by atoms with van der Waals surface area (Å²) in [4.78, 5) is 12.6. The molecule has 0 atom stereocenters. The molecule has 0 aliphatic heterocycles. The number of carbonyl (C=O) groups excluding carboxylic acids is 1. The lowest BCUT2D eigenvalue weighted by Crippen LogP contribution is -2.09. The fourth-order valence-corrected chi connectivity index (χ4v) is 2.60. The zero-order valence-electron chi connectivity index (χ0n) is 11.8. The highest BCUT2D eigenvalue weighted by Gasteiger charge is 2.07. The van der Waals surface area contributed by atoms with Crippen LogP contribution in [0.5, 0.6) is 0 Å². The first-order valence-corrected chi connectivity index (χ1v) is 7.67. The molecule has 0 aliphatic carbocycles. The van der Waals surface area contributed by atoms with Gasteiger partial charge >= 0.3 is 0 Å². The van der Waals surface area contributed by atoms with Gasteiger partial charge in [0.05, 0.1) is 10.6 Å². The monoisotopic (exact) mass is 330 g/mol. The summed E-state index contributed by atoms with van der Waals surface area (Å²) in [5, 5.41) is 7.46. The highest BCUT2D eigenvalue weighted by molar-refractivity contribution is 7.12. The van der Waals surface area contributed by atoms with E-state index in [2.05, 4.69) is 10.6 Å². The summed E-state index contributed by atoms with van der Waals surface area (Å²) < 4.78 is 26.5. The van der Waals surface area contributed by atoms with Crippen molar-refractivity contribution in [1.29, 1.82) is 0 Å². The van der Waals surface area contributed by atoms with Crippen molar-refractivity contribution in [2.45, 2.75) is 0 Å². The standard InChI is InChI=1S/C17H12F2N2OS/c18-11-3-8-15(14(19)10-11)20-12-4-6-13(7-5-12)21-17(22)16-2-1-9-23-16/h1-10,20H,(H,21,22). The topological polar surface area (TPSA) is 41.1 Å². The van der Waals surface area contributed by atoms with Crippen LogP contribution in [0.25, 0.3) is 0 Å². The molecule has 2 aromatic carbocycles. The molecule has 3 rings (SSSR count). The molecule has 1 heterocycles. The quantitative estimate of drug-likeness (QED) is 0.705. The Bertz CT molecular complexity index is 817. The molecule has 116 valence electrons. The van der Waals surface area contributed by atoms with Crippen molar-refractivity contribution in [3.63, 3.8) is 0 Å². The number of rotatable bonds is 4. The molecule has 0 spiro atoms. The summed E-state index contributed by atoms with van der Waals surface area (Å²) in [6, 6.07) is 13.7. The lowest BCUT2D eigenvalue weighted by atomic mass is 10.2. The van der Waals surface area contributed by atoms with Crippen molar-refractivity contribution in [2.75, 3.05) is 10.6 Å². The molecule has 3 nitrogen and oxygen atoms in total. The van der Waals surface area contributed by atoms with Crippen molar-refractivity contribution in [3.8, 4) is 0 Å². The lowest BCUT2D eigenvalue weighted by molar-refractivity contribution is 0.103. The molecule has 0 aliphatic rings. The third-order valence-corrected chi connectivity index (χ3v) is 3.97. The number of halogens is 2. The largest absolute Gasteiger partial charge is 0.353 e. The first kappa shape index (κ1) is 15.2. The van der Waals surface area contributed by atoms with Gasteiger partial charge in [-0.2, -0.15) is 0 Å². The highest BCUT2D eigenvalue weighted by Crippen LogP contribution is 2.22. The van der Waals surface area contributed by atoms with Gasteiger partial charge in [-0.05, 0) is 47.8 Å². The zero-order chi connectivity index (χ0) is 16.2. The second-order valence-corrected chi connectivity index (χ2v) is 5.71. The van der Waals surface area contributed by atoms with E-state index in [-0.39, 0.29) is 11.6 Å². The van der Waals surface area contributed by atoms with Gasteiger partial charge in [0.2, 0.25) is 0 Å². The van der Waals surface area contributed by atoms with Gasteiger partial charge in [-0.3, -0.25) is 4.79 Å². The van der Waals surface area contributed by atoms with Crippen molar-refractivity contribution in [2.24, 2.45) is 0 Å². The Morgan fingerprint density at radius 2 is 1.70 bits per heavy atom. The van der Waals surface area contributed by atoms with Gasteiger partial charge in [-0.25, -0.2) is 8.78 Å². The summed E-state index contributed by atoms with van der Waals surface area (Å²) in [6.07, 6.45) is 0. The van der Waals surface area contributed by atoms with Crippen LogP contribution in [0, 0.1) is 11.6 Å². The van der Waals surface area contributed by atoms with Crippen LogP contribution in [-0.4, -0.2) is 5.91 Å². The Morgan fingerprint density at radius 3 is 2.35 bits per heavy atom. The molecule has 0 unspecified atom stereocenters. The predicted molar refractivity (Wildman–Crippen MR) is 88.4 cm³/mol. The molecule has 0 saturated heterocycles. The molecule has 2 N–H and O–H groups in total. The van der Waals surface area contributed by atoms with E-state index in [1.807, 2.05) is 11.4 Å². The maximum Gasteiger partial charge on any atom is 0.265 e. The van der Waals surface area contributed by atoms with Crippen molar-refractivity contribution in [1.82, 2.24) is 0 Å². The second kappa shape index (κ2) is 6.58. The summed E-state index contributed by atoms with van der Waals surface area (Å²) in [6.45, 7) is 0. The molecule has 0 saturated carbocycles. The Kier molecular flexibility index (Phi) is 4.34. The molecule has 23 heavy (non-hydrogen) atoms. The fourth-order valence-electron chi connectivity index (χ4n) is 1.98. The van der Waals surface area contributed by atoms with E-state index < -0.39 is 11.6 Å². The fraction of sp³-hybridized carbons (Fsp3) is 0. The van der Waals surface area contributed by atoms with Crippen LogP contribution in [0.1, 0.15) is 9.67 Å². The molecule has 6 heteroatoms. The average molecular weight is 330 g/mol. The SMILES string of the molecule is O=C(Nc1ccc(Nc2ccc(F)cc2F)cc1)c1cccs1. The van der Waals surface area contributed by atoms with Crippen molar-refractivity contribution in [3.05, 3.63) is 76.5 Å². The van der Waals surface area contributed by atoms with Gasteiger partial charge < -0.3 is 10.6 Å². The third kappa shape index (κ3) is 3.73. The second-order valence-electron chi connectivity index (χ2n) is 4.76. The Morgan fingerprint density at radius 1 is 0.957 bits per heavy atom. The van der Waals surface area contributed by atoms with Gasteiger partial charge in [0.1, 0.15) is 11.6 Å². The van der Waals surface area contributed by atoms with E-state index in [1.165, 1.54) is 23.5 Å². The van der Waals surface area contributed by atoms with E-state index in [0.29, 0.717) is 16.3 Å². The molecule has 1 amide bonds. The van der Waals surface area contributed by atoms with Gasteiger partial charge in [0.15, 0.2) is 0 Å². The molecule has 3 aromatic rings. The maximum atomic E-state index is 13.6. The zero-order valence-corrected chi connectivity index (χ0v) is 12.7. The van der Waals surface area contributed by atoms with Crippen LogP contribution >= 0.6 is 11.3 Å². The normalized spacial score (nSPS) is 10.3. The van der Waals surface area contributed by atoms with E-state index >= 15 is 0 Å². The predicted octanol–water partition coefficient (Wildman–Crippen LogP) is 5.02. The number of hydrogen-bond acceptors (Lipinski definition) is 3. The van der Waals surface area contributed by atoms with Crippen LogP contribution < -0.4 is 10.6 Å². The number of amides is 1. The number of thiophene rings is 1. The summed E-state index contributed by atoms with van der Waals surface area (Å²) in [7, 11) is 0. The summed E-state index contributed by atoms with van der Waals surface area (Å²) in [5.74, 6) is -1.47. The highest BCUT2D eigenvalue weighted by atomic mass is 32.1. The number of hydrogen-bond donors (Lipinski definition) is 2. The number of nitrogens with one attached hydrogen (secondary N) is 2. The minimum atomic E-state index is -0.667. The summed E-state index contributed by atoms with van der Waals surface area (Å²) in [5.41, 5.74) is 1.44. The van der Waals surface area contributed by atoms with Crippen molar-refractivity contribution >= 4 is 34.3 Å². The Hall–Kier alpha value is -2.73. The maximum absolute atomic E-state index is 13.6. The van der Waals surface area contributed by atoms with Gasteiger partial charge in [-0.15, -0.1) is 11.3 Å². The number of benzene rings is 2. The summed E-state index contributed by atoms with van der Waals surface area (Å²) >= 11 is 1.36. The van der Waals surface area contributed by atoms with E-state index in [1.54, 1.807) is 30.3 Å². The molecular weight excluding hydrogens is 318 g/mol. The average Bonchev–Trinajstić information content (AvgIpc) is 3.06. The van der Waals surface area contributed by atoms with Crippen LogP contribution in [-0.2, 0) is 0 Å². The number of carbonyl (C=O) groups is 1. The first-order chi connectivity index (χ1) is 11.1. The smallest absolute Gasteiger partial charge is 0.265 e. The Balaban J connectivity index is 1.68. The molecule has 0 fully saturated rings. The van der Waals surface area contributed by atoms with Crippen molar-refractivity contribution < 1.29 is 13.6 Å². The van der Waals surface area contributed by atoms with Gasteiger partial charge in [0.25, 0.3) is 5.91 Å². The molecular formula is C17H12F2N2OS. The minimum absolute atomic E-state index is 0.176.